The summed E-state index contributed by atoms with van der Waals surface area (Å²) < 4.78 is 0. The minimum Gasteiger partial charge on any atom is -0.314 e. The Morgan fingerprint density at radius 3 is 1.26 bits per heavy atom. The van der Waals surface area contributed by atoms with Gasteiger partial charge in [-0.05, 0) is 25.8 Å². The van der Waals surface area contributed by atoms with Crippen LogP contribution in [0.15, 0.2) is 0 Å². The lowest BCUT2D eigenvalue weighted by atomic mass is 10.0. The van der Waals surface area contributed by atoms with Crippen LogP contribution >= 0.6 is 0 Å². The van der Waals surface area contributed by atoms with Gasteiger partial charge in [-0.2, -0.15) is 0 Å². The minimum atomic E-state index is 0.782. The maximum atomic E-state index is 3.80. The molecule has 1 saturated heterocycles. The molecule has 1 heterocycles. The molecule has 138 valence electrons. The zero-order valence-electron chi connectivity index (χ0n) is 16.2. The van der Waals surface area contributed by atoms with Crippen LogP contribution < -0.4 is 5.32 Å². The van der Waals surface area contributed by atoms with E-state index in [4.69, 9.17) is 0 Å². The topological polar surface area (TPSA) is 12.0 Å². The Labute approximate surface area is 147 Å². The van der Waals surface area contributed by atoms with E-state index >= 15 is 0 Å². The van der Waals surface area contributed by atoms with Gasteiger partial charge in [0.2, 0.25) is 0 Å². The SMILES string of the molecule is CCC1CCCCCCCCCCCCCCCCCCCN1. The Morgan fingerprint density at radius 2 is 0.870 bits per heavy atom. The van der Waals surface area contributed by atoms with E-state index in [1.54, 1.807) is 0 Å². The van der Waals surface area contributed by atoms with E-state index in [9.17, 15) is 0 Å². The second kappa shape index (κ2) is 16.8. The summed E-state index contributed by atoms with van der Waals surface area (Å²) in [6.07, 6.45) is 27.7. The molecule has 0 aromatic rings. The molecule has 0 aliphatic carbocycles. The number of rotatable bonds is 1. The summed E-state index contributed by atoms with van der Waals surface area (Å²) in [5.74, 6) is 0. The Kier molecular flexibility index (Phi) is 15.3. The van der Waals surface area contributed by atoms with Gasteiger partial charge in [-0.3, -0.25) is 0 Å². The highest BCUT2D eigenvalue weighted by Crippen LogP contribution is 2.15. The summed E-state index contributed by atoms with van der Waals surface area (Å²) in [4.78, 5) is 0. The van der Waals surface area contributed by atoms with Gasteiger partial charge in [0.05, 0.1) is 0 Å². The molecular formula is C22H45N. The average molecular weight is 324 g/mol. The molecule has 1 aliphatic heterocycles. The smallest absolute Gasteiger partial charge is 0.00644 e. The monoisotopic (exact) mass is 323 g/mol. The standard InChI is InChI=1S/C22H45N/c1-2-22-20-18-16-14-12-10-8-6-4-3-5-7-9-11-13-15-17-19-21-23-22/h22-23H,2-21H2,1H3. The highest BCUT2D eigenvalue weighted by molar-refractivity contribution is 4.65. The maximum Gasteiger partial charge on any atom is 0.00644 e. The molecule has 0 saturated carbocycles. The first-order chi connectivity index (χ1) is 11.4. The van der Waals surface area contributed by atoms with Crippen LogP contribution in [-0.2, 0) is 0 Å². The first kappa shape index (κ1) is 21.0. The van der Waals surface area contributed by atoms with Gasteiger partial charge in [0.25, 0.3) is 0 Å². The van der Waals surface area contributed by atoms with Crippen molar-refractivity contribution in [2.24, 2.45) is 0 Å². The largest absolute Gasteiger partial charge is 0.314 e. The summed E-state index contributed by atoms with van der Waals surface area (Å²) in [6.45, 7) is 3.59. The van der Waals surface area contributed by atoms with Crippen LogP contribution in [0.3, 0.4) is 0 Å². The van der Waals surface area contributed by atoms with Gasteiger partial charge in [0.1, 0.15) is 0 Å². The van der Waals surface area contributed by atoms with Crippen molar-refractivity contribution >= 4 is 0 Å². The lowest BCUT2D eigenvalue weighted by molar-refractivity contribution is 0.432. The average Bonchev–Trinajstić information content (AvgIpc) is 2.57. The van der Waals surface area contributed by atoms with E-state index in [0.717, 1.165) is 6.04 Å². The van der Waals surface area contributed by atoms with Gasteiger partial charge in [0, 0.05) is 6.04 Å². The molecule has 1 N–H and O–H groups in total. The van der Waals surface area contributed by atoms with Crippen molar-refractivity contribution in [3.63, 3.8) is 0 Å². The van der Waals surface area contributed by atoms with Crippen LogP contribution in [0, 0.1) is 0 Å². The number of nitrogens with one attached hydrogen (secondary N) is 1. The molecule has 1 aliphatic rings. The van der Waals surface area contributed by atoms with Crippen molar-refractivity contribution in [1.82, 2.24) is 5.32 Å². The molecule has 1 rings (SSSR count). The normalized spacial score (nSPS) is 26.2. The van der Waals surface area contributed by atoms with Crippen molar-refractivity contribution in [2.75, 3.05) is 6.54 Å². The van der Waals surface area contributed by atoms with E-state index in [1.165, 1.54) is 129 Å². The van der Waals surface area contributed by atoms with Crippen LogP contribution in [0.5, 0.6) is 0 Å². The quantitative estimate of drug-likeness (QED) is 0.530. The minimum absolute atomic E-state index is 0.782. The number of hydrogen-bond donors (Lipinski definition) is 1. The molecule has 1 unspecified atom stereocenters. The van der Waals surface area contributed by atoms with E-state index in [2.05, 4.69) is 12.2 Å². The van der Waals surface area contributed by atoms with Gasteiger partial charge < -0.3 is 5.32 Å². The van der Waals surface area contributed by atoms with Crippen molar-refractivity contribution in [2.45, 2.75) is 135 Å². The summed E-state index contributed by atoms with van der Waals surface area (Å²) >= 11 is 0. The van der Waals surface area contributed by atoms with E-state index in [0.29, 0.717) is 0 Å². The highest BCUT2D eigenvalue weighted by Gasteiger charge is 2.04. The van der Waals surface area contributed by atoms with Crippen molar-refractivity contribution in [3.05, 3.63) is 0 Å². The summed E-state index contributed by atoms with van der Waals surface area (Å²) in [5, 5.41) is 3.80. The fourth-order valence-corrected chi connectivity index (χ4v) is 3.92. The molecule has 1 fully saturated rings. The molecule has 1 nitrogen and oxygen atoms in total. The molecule has 0 aromatic heterocycles. The van der Waals surface area contributed by atoms with Crippen LogP contribution in [0.25, 0.3) is 0 Å². The zero-order valence-corrected chi connectivity index (χ0v) is 16.2. The molecule has 0 amide bonds. The van der Waals surface area contributed by atoms with E-state index in [1.807, 2.05) is 0 Å². The van der Waals surface area contributed by atoms with Gasteiger partial charge in [0.15, 0.2) is 0 Å². The molecule has 0 radical (unpaired) electrons. The molecule has 0 bridgehead atoms. The van der Waals surface area contributed by atoms with Crippen LogP contribution in [0.4, 0.5) is 0 Å². The third kappa shape index (κ3) is 14.0. The predicted octanol–water partition coefficient (Wildman–Crippen LogP) is 7.39. The lowest BCUT2D eigenvalue weighted by Crippen LogP contribution is -2.29. The Balaban J connectivity index is 2.14. The fraction of sp³-hybridized carbons (Fsp3) is 1.00. The summed E-state index contributed by atoms with van der Waals surface area (Å²) in [5.41, 5.74) is 0. The predicted molar refractivity (Wildman–Crippen MR) is 105 cm³/mol. The molecular weight excluding hydrogens is 278 g/mol. The van der Waals surface area contributed by atoms with Crippen LogP contribution in [0.1, 0.15) is 129 Å². The maximum absolute atomic E-state index is 3.80. The number of hydrogen-bond acceptors (Lipinski definition) is 1. The molecule has 0 aromatic carbocycles. The summed E-state index contributed by atoms with van der Waals surface area (Å²) in [7, 11) is 0. The van der Waals surface area contributed by atoms with E-state index in [-0.39, 0.29) is 0 Å². The first-order valence-electron chi connectivity index (χ1n) is 11.2. The second-order valence-electron chi connectivity index (χ2n) is 7.86. The van der Waals surface area contributed by atoms with Gasteiger partial charge in [-0.25, -0.2) is 0 Å². The van der Waals surface area contributed by atoms with Crippen molar-refractivity contribution < 1.29 is 0 Å². The van der Waals surface area contributed by atoms with Crippen molar-refractivity contribution in [3.8, 4) is 0 Å². The lowest BCUT2D eigenvalue weighted by Gasteiger charge is -2.16. The first-order valence-corrected chi connectivity index (χ1v) is 11.2. The van der Waals surface area contributed by atoms with Gasteiger partial charge >= 0.3 is 0 Å². The van der Waals surface area contributed by atoms with Gasteiger partial charge in [-0.1, -0.05) is 110 Å². The molecule has 1 heteroatoms. The highest BCUT2D eigenvalue weighted by atomic mass is 14.9. The van der Waals surface area contributed by atoms with Crippen molar-refractivity contribution in [1.29, 1.82) is 0 Å². The second-order valence-corrected chi connectivity index (χ2v) is 7.86. The molecule has 1 atom stereocenters. The molecule has 0 spiro atoms. The molecule has 23 heavy (non-hydrogen) atoms. The summed E-state index contributed by atoms with van der Waals surface area (Å²) in [6, 6.07) is 0.782. The van der Waals surface area contributed by atoms with Crippen LogP contribution in [0.2, 0.25) is 0 Å². The fourth-order valence-electron chi connectivity index (χ4n) is 3.92. The Morgan fingerprint density at radius 1 is 0.522 bits per heavy atom. The third-order valence-corrected chi connectivity index (χ3v) is 5.66. The third-order valence-electron chi connectivity index (χ3n) is 5.66. The van der Waals surface area contributed by atoms with E-state index < -0.39 is 0 Å². The zero-order chi connectivity index (χ0) is 16.4. The van der Waals surface area contributed by atoms with Gasteiger partial charge in [-0.15, -0.1) is 0 Å². The Bertz CT molecular complexity index is 204. The van der Waals surface area contributed by atoms with Crippen LogP contribution in [-0.4, -0.2) is 12.6 Å². The Hall–Kier alpha value is -0.0400.